The van der Waals surface area contributed by atoms with Gasteiger partial charge < -0.3 is 10.4 Å². The minimum atomic E-state index is -0.212. The van der Waals surface area contributed by atoms with Crippen LogP contribution in [0.25, 0.3) is 0 Å². The molecule has 2 rings (SSSR count). The number of benzene rings is 1. The number of aliphatic hydroxyl groups excluding tert-OH is 1. The number of hydrogen-bond donors (Lipinski definition) is 2. The van der Waals surface area contributed by atoms with E-state index in [1.807, 2.05) is 0 Å². The molecule has 1 saturated carbocycles. The van der Waals surface area contributed by atoms with Gasteiger partial charge in [0.15, 0.2) is 0 Å². The van der Waals surface area contributed by atoms with Crippen molar-refractivity contribution in [2.45, 2.75) is 70.4 Å². The lowest BCUT2D eigenvalue weighted by molar-refractivity contribution is 0.144. The van der Waals surface area contributed by atoms with E-state index in [4.69, 9.17) is 0 Å². The van der Waals surface area contributed by atoms with E-state index < -0.39 is 0 Å². The largest absolute Gasteiger partial charge is 0.391 e. The maximum absolute atomic E-state index is 10.2. The maximum atomic E-state index is 10.2. The van der Waals surface area contributed by atoms with Gasteiger partial charge in [0.2, 0.25) is 0 Å². The number of nitrogens with one attached hydrogen (secondary N) is 1. The molecule has 0 aromatic heterocycles. The predicted molar refractivity (Wildman–Crippen MR) is 81.6 cm³/mol. The molecule has 2 unspecified atom stereocenters. The van der Waals surface area contributed by atoms with E-state index in [2.05, 4.69) is 50.4 Å². The van der Waals surface area contributed by atoms with E-state index in [0.29, 0.717) is 0 Å². The Kier molecular flexibility index (Phi) is 4.51. The van der Waals surface area contributed by atoms with Gasteiger partial charge in [-0.2, -0.15) is 0 Å². The quantitative estimate of drug-likeness (QED) is 0.786. The summed E-state index contributed by atoms with van der Waals surface area (Å²) in [6, 6.07) is 8.69. The molecule has 0 bridgehead atoms. The zero-order chi connectivity index (χ0) is 13.9. The van der Waals surface area contributed by atoms with E-state index in [1.165, 1.54) is 24.1 Å². The van der Waals surface area contributed by atoms with Crippen LogP contribution < -0.4 is 5.32 Å². The van der Waals surface area contributed by atoms with Crippen molar-refractivity contribution < 1.29 is 5.11 Å². The van der Waals surface area contributed by atoms with Crippen LogP contribution in [0.15, 0.2) is 24.3 Å². The van der Waals surface area contributed by atoms with Crippen LogP contribution >= 0.6 is 0 Å². The van der Waals surface area contributed by atoms with Crippen molar-refractivity contribution >= 4 is 5.69 Å². The lowest BCUT2D eigenvalue weighted by Crippen LogP contribution is -2.33. The zero-order valence-corrected chi connectivity index (χ0v) is 12.4. The fraction of sp³-hybridized carbons (Fsp3) is 0.647. The number of hydrogen-bond acceptors (Lipinski definition) is 2. The fourth-order valence-electron chi connectivity index (χ4n) is 2.92. The Bertz CT molecular complexity index is 408. The van der Waals surface area contributed by atoms with Crippen molar-refractivity contribution in [1.82, 2.24) is 0 Å². The average Bonchev–Trinajstić information content (AvgIpc) is 2.54. The summed E-state index contributed by atoms with van der Waals surface area (Å²) in [5, 5.41) is 13.8. The fourth-order valence-corrected chi connectivity index (χ4v) is 2.92. The van der Waals surface area contributed by atoms with Crippen molar-refractivity contribution in [3.8, 4) is 0 Å². The standard InChI is InChI=1S/C17H27NO/c1-17(2,3)13-9-7-8-10-14(13)18-15-11-5-4-6-12-16(15)19/h7-10,15-16,18-19H,4-6,11-12H2,1-3H3. The van der Waals surface area contributed by atoms with Crippen LogP contribution in [0.2, 0.25) is 0 Å². The molecular formula is C17H27NO. The molecule has 0 saturated heterocycles. The lowest BCUT2D eigenvalue weighted by atomic mass is 9.85. The van der Waals surface area contributed by atoms with Gasteiger partial charge in [0.05, 0.1) is 12.1 Å². The second-order valence-electron chi connectivity index (χ2n) is 6.75. The molecular weight excluding hydrogens is 234 g/mol. The number of para-hydroxylation sites is 1. The van der Waals surface area contributed by atoms with Crippen LogP contribution in [0.1, 0.15) is 58.4 Å². The van der Waals surface area contributed by atoms with Crippen molar-refractivity contribution in [2.24, 2.45) is 0 Å². The van der Waals surface area contributed by atoms with Crippen molar-refractivity contribution in [1.29, 1.82) is 0 Å². The Labute approximate surface area is 117 Å². The maximum Gasteiger partial charge on any atom is 0.0741 e. The van der Waals surface area contributed by atoms with Gasteiger partial charge in [-0.25, -0.2) is 0 Å². The molecule has 2 heteroatoms. The van der Waals surface area contributed by atoms with Crippen molar-refractivity contribution in [3.63, 3.8) is 0 Å². The summed E-state index contributed by atoms with van der Waals surface area (Å²) < 4.78 is 0. The second kappa shape index (κ2) is 5.96. The van der Waals surface area contributed by atoms with E-state index in [-0.39, 0.29) is 17.6 Å². The highest BCUT2D eigenvalue weighted by atomic mass is 16.3. The molecule has 1 aliphatic carbocycles. The van der Waals surface area contributed by atoms with Gasteiger partial charge in [-0.15, -0.1) is 0 Å². The minimum Gasteiger partial charge on any atom is -0.391 e. The Balaban J connectivity index is 2.18. The highest BCUT2D eigenvalue weighted by Crippen LogP contribution is 2.31. The monoisotopic (exact) mass is 261 g/mol. The van der Waals surface area contributed by atoms with Gasteiger partial charge in [0.1, 0.15) is 0 Å². The summed E-state index contributed by atoms with van der Waals surface area (Å²) >= 11 is 0. The lowest BCUT2D eigenvalue weighted by Gasteiger charge is -2.28. The third-order valence-electron chi connectivity index (χ3n) is 4.06. The Morgan fingerprint density at radius 1 is 1.05 bits per heavy atom. The first-order chi connectivity index (χ1) is 8.98. The molecule has 0 radical (unpaired) electrons. The molecule has 2 N–H and O–H groups in total. The summed E-state index contributed by atoms with van der Waals surface area (Å²) in [4.78, 5) is 0. The Morgan fingerprint density at radius 3 is 2.47 bits per heavy atom. The molecule has 0 heterocycles. The third-order valence-corrected chi connectivity index (χ3v) is 4.06. The molecule has 1 aromatic carbocycles. The molecule has 19 heavy (non-hydrogen) atoms. The molecule has 0 aliphatic heterocycles. The summed E-state index contributed by atoms with van der Waals surface area (Å²) in [6.07, 6.45) is 5.40. The van der Waals surface area contributed by atoms with Gasteiger partial charge >= 0.3 is 0 Å². The van der Waals surface area contributed by atoms with Crippen LogP contribution in [0.4, 0.5) is 5.69 Å². The van der Waals surface area contributed by atoms with Crippen LogP contribution in [-0.4, -0.2) is 17.3 Å². The molecule has 0 amide bonds. The topological polar surface area (TPSA) is 32.3 Å². The number of anilines is 1. The van der Waals surface area contributed by atoms with E-state index in [0.717, 1.165) is 19.3 Å². The first-order valence-corrected chi connectivity index (χ1v) is 7.52. The van der Waals surface area contributed by atoms with E-state index >= 15 is 0 Å². The van der Waals surface area contributed by atoms with Crippen LogP contribution in [0.3, 0.4) is 0 Å². The second-order valence-corrected chi connectivity index (χ2v) is 6.75. The molecule has 1 aliphatic rings. The first kappa shape index (κ1) is 14.4. The van der Waals surface area contributed by atoms with Crippen LogP contribution in [-0.2, 0) is 5.41 Å². The summed E-state index contributed by atoms with van der Waals surface area (Å²) in [7, 11) is 0. The smallest absolute Gasteiger partial charge is 0.0741 e. The number of rotatable bonds is 2. The van der Waals surface area contributed by atoms with Gasteiger partial charge in [-0.3, -0.25) is 0 Å². The van der Waals surface area contributed by atoms with Crippen molar-refractivity contribution in [3.05, 3.63) is 29.8 Å². The summed E-state index contributed by atoms with van der Waals surface area (Å²) in [5.41, 5.74) is 2.63. The third kappa shape index (κ3) is 3.73. The van der Waals surface area contributed by atoms with Crippen LogP contribution in [0.5, 0.6) is 0 Å². The molecule has 2 atom stereocenters. The van der Waals surface area contributed by atoms with Gasteiger partial charge in [0, 0.05) is 5.69 Å². The molecule has 1 fully saturated rings. The average molecular weight is 261 g/mol. The van der Waals surface area contributed by atoms with Crippen molar-refractivity contribution in [2.75, 3.05) is 5.32 Å². The highest BCUT2D eigenvalue weighted by molar-refractivity contribution is 5.54. The van der Waals surface area contributed by atoms with E-state index in [9.17, 15) is 5.11 Å². The zero-order valence-electron chi connectivity index (χ0n) is 12.4. The van der Waals surface area contributed by atoms with Gasteiger partial charge in [-0.05, 0) is 29.9 Å². The molecule has 106 valence electrons. The summed E-state index contributed by atoms with van der Waals surface area (Å²) in [6.45, 7) is 6.70. The SMILES string of the molecule is CC(C)(C)c1ccccc1NC1CCCCCC1O. The first-order valence-electron chi connectivity index (χ1n) is 7.52. The molecule has 2 nitrogen and oxygen atoms in total. The van der Waals surface area contributed by atoms with Gasteiger partial charge in [0.25, 0.3) is 0 Å². The minimum absolute atomic E-state index is 0.124. The number of aliphatic hydroxyl groups is 1. The Hall–Kier alpha value is -1.02. The van der Waals surface area contributed by atoms with Gasteiger partial charge in [-0.1, -0.05) is 58.2 Å². The normalized spacial score (nSPS) is 24.8. The molecule has 1 aromatic rings. The Morgan fingerprint density at radius 2 is 1.74 bits per heavy atom. The predicted octanol–water partition coefficient (Wildman–Crippen LogP) is 4.09. The van der Waals surface area contributed by atoms with Crippen LogP contribution in [0, 0.1) is 0 Å². The molecule has 0 spiro atoms. The summed E-state index contributed by atoms with van der Waals surface area (Å²) in [5.74, 6) is 0. The highest BCUT2D eigenvalue weighted by Gasteiger charge is 2.24. The van der Waals surface area contributed by atoms with E-state index in [1.54, 1.807) is 0 Å².